The average Bonchev–Trinajstić information content (AvgIpc) is 3.35. The molecule has 1 saturated heterocycles. The average molecular weight is 424 g/mol. The van der Waals surface area contributed by atoms with Crippen molar-refractivity contribution in [3.63, 3.8) is 0 Å². The molecule has 0 radical (unpaired) electrons. The van der Waals surface area contributed by atoms with Gasteiger partial charge in [0.25, 0.3) is 0 Å². The van der Waals surface area contributed by atoms with Crippen molar-refractivity contribution in [2.75, 3.05) is 6.61 Å². The fourth-order valence-corrected chi connectivity index (χ4v) is 3.67. The summed E-state index contributed by atoms with van der Waals surface area (Å²) in [6, 6.07) is 8.74. The van der Waals surface area contributed by atoms with Crippen LogP contribution in [0.4, 0.5) is 4.39 Å². The predicted octanol–water partition coefficient (Wildman–Crippen LogP) is 4.14. The number of rotatable bonds is 7. The van der Waals surface area contributed by atoms with Crippen LogP contribution in [0.15, 0.2) is 35.9 Å². The number of hydrogen-bond donors (Lipinski definition) is 0. The molecular formula is C24H25FN2O4. The van der Waals surface area contributed by atoms with Crippen molar-refractivity contribution in [2.45, 2.75) is 52.4 Å². The van der Waals surface area contributed by atoms with Gasteiger partial charge in [0.15, 0.2) is 6.10 Å². The lowest BCUT2D eigenvalue weighted by Gasteiger charge is -2.14. The highest BCUT2D eigenvalue weighted by molar-refractivity contribution is 6.03. The molecule has 0 amide bonds. The zero-order chi connectivity index (χ0) is 22.5. The van der Waals surface area contributed by atoms with Crippen LogP contribution in [-0.2, 0) is 20.8 Å². The molecule has 0 bridgehead atoms. The van der Waals surface area contributed by atoms with Crippen LogP contribution in [-0.4, -0.2) is 35.1 Å². The molecule has 31 heavy (non-hydrogen) atoms. The van der Waals surface area contributed by atoms with Gasteiger partial charge in [-0.2, -0.15) is 5.26 Å². The molecule has 0 spiro atoms. The molecule has 0 saturated carbocycles. The van der Waals surface area contributed by atoms with Crippen molar-refractivity contribution in [2.24, 2.45) is 0 Å². The summed E-state index contributed by atoms with van der Waals surface area (Å²) in [5.41, 5.74) is 2.69. The first-order chi connectivity index (χ1) is 14.8. The van der Waals surface area contributed by atoms with Crippen LogP contribution < -0.4 is 0 Å². The number of carbonyl (C=O) groups is 2. The number of nitrogens with zero attached hydrogens (tertiary/aromatic N) is 2. The van der Waals surface area contributed by atoms with Gasteiger partial charge in [-0.25, -0.2) is 9.18 Å². The van der Waals surface area contributed by atoms with E-state index in [0.717, 1.165) is 55.1 Å². The lowest BCUT2D eigenvalue weighted by molar-refractivity contribution is -0.141. The molecule has 2 atom stereocenters. The van der Waals surface area contributed by atoms with Gasteiger partial charge in [-0.3, -0.25) is 4.79 Å². The number of halogens is 1. The van der Waals surface area contributed by atoms with E-state index in [1.807, 2.05) is 26.0 Å². The van der Waals surface area contributed by atoms with Crippen molar-refractivity contribution in [1.29, 1.82) is 5.26 Å². The van der Waals surface area contributed by atoms with Crippen LogP contribution >= 0.6 is 0 Å². The monoisotopic (exact) mass is 424 g/mol. The van der Waals surface area contributed by atoms with E-state index in [-0.39, 0.29) is 17.2 Å². The maximum absolute atomic E-state index is 13.0. The van der Waals surface area contributed by atoms with Crippen LogP contribution in [0.5, 0.6) is 0 Å². The Morgan fingerprint density at radius 3 is 2.68 bits per heavy atom. The number of nitriles is 1. The number of ketones is 1. The Balaban J connectivity index is 1.73. The minimum absolute atomic E-state index is 0.167. The minimum Gasteiger partial charge on any atom is -0.450 e. The summed E-state index contributed by atoms with van der Waals surface area (Å²) >= 11 is 0. The third-order valence-electron chi connectivity index (χ3n) is 5.44. The van der Waals surface area contributed by atoms with E-state index < -0.39 is 23.7 Å². The first-order valence-electron chi connectivity index (χ1n) is 10.2. The topological polar surface area (TPSA) is 81.3 Å². The molecule has 6 nitrogen and oxygen atoms in total. The van der Waals surface area contributed by atoms with Crippen LogP contribution in [0.3, 0.4) is 0 Å². The second-order valence-electron chi connectivity index (χ2n) is 7.66. The number of hydrogen-bond acceptors (Lipinski definition) is 5. The Hall–Kier alpha value is -3.24. The molecule has 2 heterocycles. The molecule has 7 heteroatoms. The van der Waals surface area contributed by atoms with Crippen molar-refractivity contribution < 1.29 is 23.5 Å². The zero-order valence-corrected chi connectivity index (χ0v) is 17.9. The summed E-state index contributed by atoms with van der Waals surface area (Å²) in [5, 5.41) is 9.48. The third-order valence-corrected chi connectivity index (χ3v) is 5.44. The lowest BCUT2D eigenvalue weighted by atomic mass is 10.1. The summed E-state index contributed by atoms with van der Waals surface area (Å²) in [4.78, 5) is 24.9. The van der Waals surface area contributed by atoms with Crippen molar-refractivity contribution in [1.82, 2.24) is 4.57 Å². The maximum atomic E-state index is 13.0. The van der Waals surface area contributed by atoms with E-state index in [1.54, 1.807) is 0 Å². The van der Waals surface area contributed by atoms with E-state index in [0.29, 0.717) is 0 Å². The molecule has 162 valence electrons. The summed E-state index contributed by atoms with van der Waals surface area (Å²) in [6.07, 6.45) is 2.60. The SMILES string of the molecule is Cc1cc(/C=C(\C#N)C(=O)O[C@@H](C)C(=O)c2ccc(F)cc2)c(C)n1C[C@H]1CCCO1. The van der Waals surface area contributed by atoms with Gasteiger partial charge < -0.3 is 14.0 Å². The Morgan fingerprint density at radius 1 is 1.35 bits per heavy atom. The van der Waals surface area contributed by atoms with E-state index in [1.165, 1.54) is 25.1 Å². The smallest absolute Gasteiger partial charge is 0.349 e. The second kappa shape index (κ2) is 9.71. The van der Waals surface area contributed by atoms with Crippen LogP contribution in [0.2, 0.25) is 0 Å². The van der Waals surface area contributed by atoms with E-state index >= 15 is 0 Å². The predicted molar refractivity (Wildman–Crippen MR) is 113 cm³/mol. The summed E-state index contributed by atoms with van der Waals surface area (Å²) in [7, 11) is 0. The molecular weight excluding hydrogens is 399 g/mol. The van der Waals surface area contributed by atoms with Gasteiger partial charge in [0.1, 0.15) is 17.5 Å². The third kappa shape index (κ3) is 5.28. The molecule has 3 rings (SSSR count). The molecule has 1 fully saturated rings. The first kappa shape index (κ1) is 22.4. The first-order valence-corrected chi connectivity index (χ1v) is 10.2. The van der Waals surface area contributed by atoms with Crippen molar-refractivity contribution >= 4 is 17.8 Å². The largest absolute Gasteiger partial charge is 0.450 e. The summed E-state index contributed by atoms with van der Waals surface area (Å²) in [5.74, 6) is -1.82. The Morgan fingerprint density at radius 2 is 2.06 bits per heavy atom. The lowest BCUT2D eigenvalue weighted by Crippen LogP contribution is -2.25. The fourth-order valence-electron chi connectivity index (χ4n) is 3.67. The molecule has 0 unspecified atom stereocenters. The molecule has 1 aromatic heterocycles. The Labute approximate surface area is 180 Å². The highest BCUT2D eigenvalue weighted by atomic mass is 19.1. The van der Waals surface area contributed by atoms with E-state index in [2.05, 4.69) is 4.57 Å². The summed E-state index contributed by atoms with van der Waals surface area (Å²) in [6.45, 7) is 6.81. The molecule has 0 N–H and O–H groups in total. The van der Waals surface area contributed by atoms with Gasteiger partial charge in [0, 0.05) is 30.1 Å². The van der Waals surface area contributed by atoms with Gasteiger partial charge in [0.05, 0.1) is 6.10 Å². The van der Waals surface area contributed by atoms with Crippen molar-refractivity contribution in [3.8, 4) is 6.07 Å². The van der Waals surface area contributed by atoms with E-state index in [4.69, 9.17) is 9.47 Å². The second-order valence-corrected chi connectivity index (χ2v) is 7.66. The molecule has 1 aliphatic rings. The normalized spacial score (nSPS) is 17.3. The maximum Gasteiger partial charge on any atom is 0.349 e. The minimum atomic E-state index is -1.11. The highest BCUT2D eigenvalue weighted by Gasteiger charge is 2.23. The number of benzene rings is 1. The van der Waals surface area contributed by atoms with Crippen LogP contribution in [0.1, 0.15) is 47.1 Å². The number of esters is 1. The van der Waals surface area contributed by atoms with Crippen LogP contribution in [0, 0.1) is 31.0 Å². The van der Waals surface area contributed by atoms with Gasteiger partial charge in [-0.15, -0.1) is 0 Å². The molecule has 0 aliphatic carbocycles. The Kier molecular flexibility index (Phi) is 7.03. The van der Waals surface area contributed by atoms with Gasteiger partial charge in [-0.1, -0.05) is 0 Å². The van der Waals surface area contributed by atoms with Crippen molar-refractivity contribution in [3.05, 3.63) is 64.2 Å². The Bertz CT molecular complexity index is 1040. The van der Waals surface area contributed by atoms with Gasteiger partial charge in [0.2, 0.25) is 5.78 Å². The summed E-state index contributed by atoms with van der Waals surface area (Å²) < 4.78 is 26.1. The number of aryl methyl sites for hydroxylation is 1. The molecule has 1 aliphatic heterocycles. The van der Waals surface area contributed by atoms with E-state index in [9.17, 15) is 19.2 Å². The standard InChI is InChI=1S/C24H25FN2O4/c1-15-11-19(16(2)27(15)14-22-5-4-10-30-22)12-20(13-26)24(29)31-17(3)23(28)18-6-8-21(25)9-7-18/h6-9,11-12,17,22H,4-5,10,14H2,1-3H3/b20-12+/t17-,22+/m0/s1. The fraction of sp³-hybridized carbons (Fsp3) is 0.375. The number of Topliss-reactive ketones (excluding diaryl/α,β-unsaturated/α-hetero) is 1. The van der Waals surface area contributed by atoms with Gasteiger partial charge in [-0.05, 0) is 75.6 Å². The quantitative estimate of drug-likeness (QED) is 0.289. The zero-order valence-electron chi connectivity index (χ0n) is 17.9. The number of carbonyl (C=O) groups excluding carboxylic acids is 2. The van der Waals surface area contributed by atoms with Crippen LogP contribution in [0.25, 0.3) is 6.08 Å². The highest BCUT2D eigenvalue weighted by Crippen LogP contribution is 2.22. The van der Waals surface area contributed by atoms with Gasteiger partial charge >= 0.3 is 5.97 Å². The number of aromatic nitrogens is 1. The molecule has 1 aromatic carbocycles. The number of ether oxygens (including phenoxy) is 2. The molecule has 2 aromatic rings.